The van der Waals surface area contributed by atoms with Crippen LogP contribution in [0.25, 0.3) is 11.4 Å². The molecule has 2 aliphatic rings. The van der Waals surface area contributed by atoms with Crippen molar-refractivity contribution in [1.29, 1.82) is 0 Å². The second-order valence-corrected chi connectivity index (χ2v) is 7.43. The number of carbonyl (C=O) groups excluding carboxylic acids is 1. The molecule has 2 aliphatic heterocycles. The van der Waals surface area contributed by atoms with Gasteiger partial charge in [-0.25, -0.2) is 9.99 Å². The van der Waals surface area contributed by atoms with Gasteiger partial charge in [-0.1, -0.05) is 42.0 Å². The zero-order valence-electron chi connectivity index (χ0n) is 17.0. The van der Waals surface area contributed by atoms with Gasteiger partial charge in [0, 0.05) is 29.1 Å². The molecule has 5 rings (SSSR count). The van der Waals surface area contributed by atoms with Crippen molar-refractivity contribution in [2.45, 2.75) is 13.1 Å². The molecule has 6 nitrogen and oxygen atoms in total. The highest BCUT2D eigenvalue weighted by molar-refractivity contribution is 6.04. The summed E-state index contributed by atoms with van der Waals surface area (Å²) in [6.45, 7) is 2.08. The average Bonchev–Trinajstić information content (AvgIpc) is 3.19. The summed E-state index contributed by atoms with van der Waals surface area (Å²) >= 11 is 0. The van der Waals surface area contributed by atoms with Gasteiger partial charge in [0.1, 0.15) is 12.0 Å². The summed E-state index contributed by atoms with van der Waals surface area (Å²) in [5.41, 5.74) is 5.69. The van der Waals surface area contributed by atoms with Crippen molar-refractivity contribution in [3.05, 3.63) is 107 Å². The zero-order valence-corrected chi connectivity index (χ0v) is 17.0. The number of allylic oxidation sites excluding steroid dienone is 1. The van der Waals surface area contributed by atoms with E-state index in [1.807, 2.05) is 47.5 Å². The van der Waals surface area contributed by atoms with Crippen LogP contribution < -0.4 is 10.6 Å². The SMILES string of the molecule is Cc1cccc(C2=C(c3ccnc(NC(=O)c4ccccc4)c3)N3N=CC=CC3N2)c1. The third-order valence-electron chi connectivity index (χ3n) is 5.21. The lowest BCUT2D eigenvalue weighted by atomic mass is 10.0. The molecule has 0 aliphatic carbocycles. The van der Waals surface area contributed by atoms with E-state index in [1.165, 1.54) is 5.56 Å². The minimum Gasteiger partial charge on any atom is -0.358 e. The fourth-order valence-corrected chi connectivity index (χ4v) is 3.78. The number of nitrogens with zero attached hydrogens (tertiary/aromatic N) is 3. The molecular weight excluding hydrogens is 386 g/mol. The third kappa shape index (κ3) is 3.71. The van der Waals surface area contributed by atoms with Gasteiger partial charge in [0.05, 0.1) is 11.4 Å². The van der Waals surface area contributed by atoms with Crippen molar-refractivity contribution in [3.8, 4) is 0 Å². The van der Waals surface area contributed by atoms with Crippen LogP contribution in [0.15, 0.2) is 90.2 Å². The van der Waals surface area contributed by atoms with Crippen molar-refractivity contribution in [1.82, 2.24) is 15.3 Å². The van der Waals surface area contributed by atoms with E-state index in [9.17, 15) is 4.79 Å². The van der Waals surface area contributed by atoms with E-state index < -0.39 is 0 Å². The monoisotopic (exact) mass is 407 g/mol. The molecule has 152 valence electrons. The van der Waals surface area contributed by atoms with Gasteiger partial charge in [0.2, 0.25) is 0 Å². The Bertz CT molecular complexity index is 1230. The summed E-state index contributed by atoms with van der Waals surface area (Å²) in [6, 6.07) is 21.3. The van der Waals surface area contributed by atoms with Gasteiger partial charge in [-0.3, -0.25) is 4.79 Å². The molecule has 0 saturated heterocycles. The van der Waals surface area contributed by atoms with E-state index in [0.29, 0.717) is 11.4 Å². The molecule has 0 radical (unpaired) electrons. The Kier molecular flexibility index (Phi) is 4.80. The van der Waals surface area contributed by atoms with Crippen molar-refractivity contribution < 1.29 is 4.79 Å². The quantitative estimate of drug-likeness (QED) is 0.678. The van der Waals surface area contributed by atoms with Crippen LogP contribution in [0.4, 0.5) is 5.82 Å². The summed E-state index contributed by atoms with van der Waals surface area (Å²) < 4.78 is 0. The van der Waals surface area contributed by atoms with Gasteiger partial charge >= 0.3 is 0 Å². The predicted octanol–water partition coefficient (Wildman–Crippen LogP) is 4.26. The first-order valence-corrected chi connectivity index (χ1v) is 10.1. The lowest BCUT2D eigenvalue weighted by Crippen LogP contribution is -2.33. The van der Waals surface area contributed by atoms with Crippen molar-refractivity contribution in [2.24, 2.45) is 5.10 Å². The number of amides is 1. The summed E-state index contributed by atoms with van der Waals surface area (Å²) in [4.78, 5) is 16.9. The van der Waals surface area contributed by atoms with E-state index in [2.05, 4.69) is 51.9 Å². The Balaban J connectivity index is 1.54. The molecule has 6 heteroatoms. The zero-order chi connectivity index (χ0) is 21.2. The summed E-state index contributed by atoms with van der Waals surface area (Å²) in [5.74, 6) is 0.293. The molecule has 0 saturated carbocycles. The topological polar surface area (TPSA) is 69.6 Å². The Morgan fingerprint density at radius 1 is 1.03 bits per heavy atom. The molecule has 3 heterocycles. The maximum atomic E-state index is 12.6. The number of aromatic nitrogens is 1. The summed E-state index contributed by atoms with van der Waals surface area (Å²) in [6.07, 6.45) is 7.41. The van der Waals surface area contributed by atoms with E-state index in [1.54, 1.807) is 24.5 Å². The maximum absolute atomic E-state index is 12.6. The smallest absolute Gasteiger partial charge is 0.256 e. The van der Waals surface area contributed by atoms with Gasteiger partial charge in [-0.15, -0.1) is 0 Å². The highest BCUT2D eigenvalue weighted by atomic mass is 16.1. The van der Waals surface area contributed by atoms with Crippen LogP contribution >= 0.6 is 0 Å². The van der Waals surface area contributed by atoms with Gasteiger partial charge < -0.3 is 10.6 Å². The number of rotatable bonds is 4. The van der Waals surface area contributed by atoms with Crippen LogP contribution in [-0.2, 0) is 0 Å². The highest BCUT2D eigenvalue weighted by Crippen LogP contribution is 2.36. The standard InChI is InChI=1S/C25H21N5O/c1-17-7-5-10-19(15-17)23-24(30-22(29-23)11-6-13-27-30)20-12-14-26-21(16-20)28-25(31)18-8-3-2-4-9-18/h2-16,22,29H,1H3,(H,26,28,31). The van der Waals surface area contributed by atoms with Crippen LogP contribution in [0, 0.1) is 6.92 Å². The fraction of sp³-hybridized carbons (Fsp3) is 0.0800. The van der Waals surface area contributed by atoms with E-state index in [0.717, 1.165) is 22.5 Å². The predicted molar refractivity (Wildman–Crippen MR) is 123 cm³/mol. The van der Waals surface area contributed by atoms with Crippen molar-refractivity contribution >= 4 is 29.3 Å². The molecule has 1 aromatic heterocycles. The molecule has 3 aromatic rings. The van der Waals surface area contributed by atoms with Gasteiger partial charge in [-0.05, 0) is 49.4 Å². The number of carbonyl (C=O) groups is 1. The number of hydrogen-bond donors (Lipinski definition) is 2. The number of hydrogen-bond acceptors (Lipinski definition) is 5. The fourth-order valence-electron chi connectivity index (χ4n) is 3.78. The molecule has 0 fully saturated rings. The van der Waals surface area contributed by atoms with Crippen molar-refractivity contribution in [2.75, 3.05) is 5.32 Å². The molecule has 1 unspecified atom stereocenters. The Labute approximate surface area is 180 Å². The van der Waals surface area contributed by atoms with Crippen LogP contribution in [0.5, 0.6) is 0 Å². The number of benzene rings is 2. The minimum absolute atomic E-state index is 0.0639. The summed E-state index contributed by atoms with van der Waals surface area (Å²) in [7, 11) is 0. The molecule has 0 bridgehead atoms. The van der Waals surface area contributed by atoms with E-state index in [-0.39, 0.29) is 12.1 Å². The number of nitrogens with one attached hydrogen (secondary N) is 2. The van der Waals surface area contributed by atoms with Crippen LogP contribution in [0.3, 0.4) is 0 Å². The summed E-state index contributed by atoms with van der Waals surface area (Å²) in [5, 5.41) is 13.0. The number of pyridine rings is 1. The maximum Gasteiger partial charge on any atom is 0.256 e. The Hall–Kier alpha value is -4.19. The second kappa shape index (κ2) is 7.91. The highest BCUT2D eigenvalue weighted by Gasteiger charge is 2.32. The number of aryl methyl sites for hydroxylation is 1. The first-order chi connectivity index (χ1) is 15.2. The second-order valence-electron chi connectivity index (χ2n) is 7.43. The first-order valence-electron chi connectivity index (χ1n) is 10.1. The lowest BCUT2D eigenvalue weighted by Gasteiger charge is -2.23. The Morgan fingerprint density at radius 2 is 1.90 bits per heavy atom. The third-order valence-corrected chi connectivity index (χ3v) is 5.21. The molecule has 2 N–H and O–H groups in total. The molecule has 1 amide bonds. The van der Waals surface area contributed by atoms with Crippen LogP contribution in [-0.4, -0.2) is 28.3 Å². The van der Waals surface area contributed by atoms with Crippen molar-refractivity contribution in [3.63, 3.8) is 0 Å². The van der Waals surface area contributed by atoms with E-state index in [4.69, 9.17) is 0 Å². The van der Waals surface area contributed by atoms with Gasteiger partial charge in [-0.2, -0.15) is 5.10 Å². The minimum atomic E-state index is -0.195. The molecule has 2 aromatic carbocycles. The number of fused-ring (bicyclic) bond motifs is 1. The molecule has 1 atom stereocenters. The largest absolute Gasteiger partial charge is 0.358 e. The molecule has 0 spiro atoms. The van der Waals surface area contributed by atoms with Crippen LogP contribution in [0.1, 0.15) is 27.0 Å². The first kappa shape index (κ1) is 18.8. The lowest BCUT2D eigenvalue weighted by molar-refractivity contribution is 0.102. The number of hydrazone groups is 1. The molecule has 31 heavy (non-hydrogen) atoms. The Morgan fingerprint density at radius 3 is 2.74 bits per heavy atom. The van der Waals surface area contributed by atoms with E-state index >= 15 is 0 Å². The van der Waals surface area contributed by atoms with Crippen LogP contribution in [0.2, 0.25) is 0 Å². The average molecular weight is 407 g/mol. The van der Waals surface area contributed by atoms with Gasteiger partial charge in [0.15, 0.2) is 0 Å². The molecular formula is C25H21N5O. The normalized spacial score (nSPS) is 16.8. The number of anilines is 1. The van der Waals surface area contributed by atoms with Gasteiger partial charge in [0.25, 0.3) is 5.91 Å².